The zero-order valence-corrected chi connectivity index (χ0v) is 9.99. The minimum atomic E-state index is -4.50. The standard InChI is InChI=1S/C11H13F3N2O2/c1-3-16(7-10(17)18-2)8-4-5-15-9(6-8)11(12,13)14/h4-6H,3,7H2,1-2H3. The van der Waals surface area contributed by atoms with Gasteiger partial charge >= 0.3 is 12.1 Å². The molecule has 0 aliphatic carbocycles. The number of carbonyl (C=O) groups is 1. The molecule has 1 aromatic heterocycles. The van der Waals surface area contributed by atoms with Crippen LogP contribution in [0.1, 0.15) is 12.6 Å². The summed E-state index contributed by atoms with van der Waals surface area (Å²) >= 11 is 0. The molecule has 0 bridgehead atoms. The van der Waals surface area contributed by atoms with Gasteiger partial charge in [-0.05, 0) is 19.1 Å². The van der Waals surface area contributed by atoms with Crippen LogP contribution in [0.3, 0.4) is 0 Å². The average molecular weight is 262 g/mol. The number of nitrogens with zero attached hydrogens (tertiary/aromatic N) is 2. The summed E-state index contributed by atoms with van der Waals surface area (Å²) in [7, 11) is 1.23. The third kappa shape index (κ3) is 3.61. The van der Waals surface area contributed by atoms with Gasteiger partial charge in [-0.2, -0.15) is 13.2 Å². The smallest absolute Gasteiger partial charge is 0.433 e. The quantitative estimate of drug-likeness (QED) is 0.779. The first-order valence-corrected chi connectivity index (χ1v) is 5.23. The Bertz CT molecular complexity index is 421. The molecule has 0 N–H and O–H groups in total. The van der Waals surface area contributed by atoms with Crippen molar-refractivity contribution in [1.29, 1.82) is 0 Å². The number of methoxy groups -OCH3 is 1. The molecule has 4 nitrogen and oxygen atoms in total. The zero-order valence-electron chi connectivity index (χ0n) is 9.99. The molecule has 0 radical (unpaired) electrons. The average Bonchev–Trinajstić information content (AvgIpc) is 2.34. The number of rotatable bonds is 4. The van der Waals surface area contributed by atoms with E-state index < -0.39 is 17.8 Å². The van der Waals surface area contributed by atoms with Crippen molar-refractivity contribution in [2.24, 2.45) is 0 Å². The fraction of sp³-hybridized carbons (Fsp3) is 0.455. The maximum atomic E-state index is 12.5. The van der Waals surface area contributed by atoms with Crippen LogP contribution in [0.2, 0.25) is 0 Å². The summed E-state index contributed by atoms with van der Waals surface area (Å²) in [5, 5.41) is 0. The van der Waals surface area contributed by atoms with Crippen molar-refractivity contribution in [3.05, 3.63) is 24.0 Å². The Hall–Kier alpha value is -1.79. The third-order valence-electron chi connectivity index (χ3n) is 2.33. The highest BCUT2D eigenvalue weighted by Gasteiger charge is 2.32. The van der Waals surface area contributed by atoms with Crippen LogP contribution in [-0.2, 0) is 15.7 Å². The van der Waals surface area contributed by atoms with Crippen LogP contribution in [0.15, 0.2) is 18.3 Å². The molecule has 0 amide bonds. The second-order valence-corrected chi connectivity index (χ2v) is 3.49. The van der Waals surface area contributed by atoms with E-state index in [0.717, 1.165) is 12.3 Å². The number of hydrogen-bond donors (Lipinski definition) is 0. The minimum absolute atomic E-state index is 0.103. The van der Waals surface area contributed by atoms with E-state index in [1.807, 2.05) is 0 Å². The summed E-state index contributed by atoms with van der Waals surface area (Å²) in [6.45, 7) is 2.02. The Kier molecular flexibility index (Phi) is 4.52. The van der Waals surface area contributed by atoms with E-state index >= 15 is 0 Å². The fourth-order valence-electron chi connectivity index (χ4n) is 1.38. The Morgan fingerprint density at radius 3 is 2.67 bits per heavy atom. The second-order valence-electron chi connectivity index (χ2n) is 3.49. The van der Waals surface area contributed by atoms with Crippen LogP contribution in [-0.4, -0.2) is 31.2 Å². The van der Waals surface area contributed by atoms with Crippen molar-refractivity contribution in [2.75, 3.05) is 25.1 Å². The molecule has 0 saturated carbocycles. The molecule has 0 aliphatic heterocycles. The van der Waals surface area contributed by atoms with Gasteiger partial charge in [-0.3, -0.25) is 9.78 Å². The van der Waals surface area contributed by atoms with Gasteiger partial charge < -0.3 is 9.64 Å². The van der Waals surface area contributed by atoms with Crippen molar-refractivity contribution >= 4 is 11.7 Å². The molecule has 1 heterocycles. The molecule has 18 heavy (non-hydrogen) atoms. The normalized spacial score (nSPS) is 11.2. The van der Waals surface area contributed by atoms with Crippen LogP contribution in [0.4, 0.5) is 18.9 Å². The molecule has 1 rings (SSSR count). The number of likely N-dealkylation sites (N-methyl/N-ethyl adjacent to an activating group) is 1. The largest absolute Gasteiger partial charge is 0.468 e. The molecule has 0 aliphatic rings. The Morgan fingerprint density at radius 1 is 1.50 bits per heavy atom. The molecule has 1 aromatic rings. The Balaban J connectivity index is 2.96. The van der Waals surface area contributed by atoms with Crippen LogP contribution < -0.4 is 4.90 Å². The Morgan fingerprint density at radius 2 is 2.17 bits per heavy atom. The van der Waals surface area contributed by atoms with Crippen LogP contribution >= 0.6 is 0 Å². The lowest BCUT2D eigenvalue weighted by Crippen LogP contribution is -2.30. The molecule has 100 valence electrons. The SMILES string of the molecule is CCN(CC(=O)OC)c1ccnc(C(F)(F)F)c1. The number of esters is 1. The lowest BCUT2D eigenvalue weighted by atomic mass is 10.2. The van der Waals surface area contributed by atoms with Gasteiger partial charge in [-0.25, -0.2) is 0 Å². The van der Waals surface area contributed by atoms with Gasteiger partial charge in [0.1, 0.15) is 12.2 Å². The van der Waals surface area contributed by atoms with E-state index in [1.165, 1.54) is 18.1 Å². The maximum absolute atomic E-state index is 12.5. The number of ether oxygens (including phenoxy) is 1. The lowest BCUT2D eigenvalue weighted by molar-refractivity contribution is -0.141. The highest BCUT2D eigenvalue weighted by molar-refractivity contribution is 5.75. The first kappa shape index (κ1) is 14.3. The van der Waals surface area contributed by atoms with Crippen molar-refractivity contribution in [2.45, 2.75) is 13.1 Å². The molecular formula is C11H13F3N2O2. The zero-order chi connectivity index (χ0) is 13.8. The molecule has 0 atom stereocenters. The predicted octanol–water partition coefficient (Wildman–Crippen LogP) is 2.10. The monoisotopic (exact) mass is 262 g/mol. The number of alkyl halides is 3. The number of pyridine rings is 1. The molecule has 0 unspecified atom stereocenters. The highest BCUT2D eigenvalue weighted by Crippen LogP contribution is 2.29. The number of carbonyl (C=O) groups excluding carboxylic acids is 1. The maximum Gasteiger partial charge on any atom is 0.433 e. The van der Waals surface area contributed by atoms with Crippen LogP contribution in [0, 0.1) is 0 Å². The Labute approximate surface area is 102 Å². The summed E-state index contributed by atoms with van der Waals surface area (Å²) in [6.07, 6.45) is -3.43. The third-order valence-corrected chi connectivity index (χ3v) is 2.33. The number of halogens is 3. The topological polar surface area (TPSA) is 42.4 Å². The number of anilines is 1. The summed E-state index contributed by atoms with van der Waals surface area (Å²) < 4.78 is 42.0. The van der Waals surface area contributed by atoms with Gasteiger partial charge in [-0.15, -0.1) is 0 Å². The van der Waals surface area contributed by atoms with E-state index in [4.69, 9.17) is 0 Å². The van der Waals surface area contributed by atoms with Gasteiger partial charge in [0.15, 0.2) is 0 Å². The van der Waals surface area contributed by atoms with Crippen LogP contribution in [0.25, 0.3) is 0 Å². The second kappa shape index (κ2) is 5.70. The molecular weight excluding hydrogens is 249 g/mol. The van der Waals surface area contributed by atoms with E-state index in [1.54, 1.807) is 6.92 Å². The van der Waals surface area contributed by atoms with Crippen LogP contribution in [0.5, 0.6) is 0 Å². The molecule has 7 heteroatoms. The van der Waals surface area contributed by atoms with Crippen molar-refractivity contribution in [3.8, 4) is 0 Å². The number of aromatic nitrogens is 1. The fourth-order valence-corrected chi connectivity index (χ4v) is 1.38. The predicted molar refractivity (Wildman–Crippen MR) is 59.1 cm³/mol. The molecule has 0 saturated heterocycles. The van der Waals surface area contributed by atoms with Crippen molar-refractivity contribution < 1.29 is 22.7 Å². The van der Waals surface area contributed by atoms with Crippen molar-refractivity contribution in [3.63, 3.8) is 0 Å². The van der Waals surface area contributed by atoms with E-state index in [9.17, 15) is 18.0 Å². The van der Waals surface area contributed by atoms with E-state index in [0.29, 0.717) is 6.54 Å². The van der Waals surface area contributed by atoms with E-state index in [-0.39, 0.29) is 12.2 Å². The van der Waals surface area contributed by atoms with Gasteiger partial charge in [0.25, 0.3) is 0 Å². The summed E-state index contributed by atoms with van der Waals surface area (Å²) in [6, 6.07) is 2.33. The summed E-state index contributed by atoms with van der Waals surface area (Å²) in [5.74, 6) is -0.512. The summed E-state index contributed by atoms with van der Waals surface area (Å²) in [4.78, 5) is 15.9. The van der Waals surface area contributed by atoms with Gasteiger partial charge in [0, 0.05) is 18.4 Å². The van der Waals surface area contributed by atoms with Gasteiger partial charge in [0.2, 0.25) is 0 Å². The highest BCUT2D eigenvalue weighted by atomic mass is 19.4. The summed E-state index contributed by atoms with van der Waals surface area (Å²) in [5.41, 5.74) is -0.700. The first-order valence-electron chi connectivity index (χ1n) is 5.23. The van der Waals surface area contributed by atoms with E-state index in [2.05, 4.69) is 9.72 Å². The first-order chi connectivity index (χ1) is 8.38. The number of hydrogen-bond acceptors (Lipinski definition) is 4. The molecule has 0 spiro atoms. The molecule has 0 fully saturated rings. The van der Waals surface area contributed by atoms with Crippen molar-refractivity contribution in [1.82, 2.24) is 4.98 Å². The van der Waals surface area contributed by atoms with Gasteiger partial charge in [-0.1, -0.05) is 0 Å². The van der Waals surface area contributed by atoms with Gasteiger partial charge in [0.05, 0.1) is 7.11 Å². The molecule has 0 aromatic carbocycles. The minimum Gasteiger partial charge on any atom is -0.468 e. The lowest BCUT2D eigenvalue weighted by Gasteiger charge is -2.22.